The lowest BCUT2D eigenvalue weighted by atomic mass is 10.1. The molecular formula is C7H12N2S. The molecule has 1 aromatic rings. The van der Waals surface area contributed by atoms with Crippen LogP contribution in [0.25, 0.3) is 0 Å². The first-order valence-electron chi connectivity index (χ1n) is 3.24. The molecule has 0 bridgehead atoms. The smallest absolute Gasteiger partial charge is 0.0442 e. The Morgan fingerprint density at radius 2 is 2.30 bits per heavy atom. The highest BCUT2D eigenvalue weighted by atomic mass is 32.1. The van der Waals surface area contributed by atoms with Crippen LogP contribution in [0.3, 0.4) is 0 Å². The predicted octanol–water partition coefficient (Wildman–Crippen LogP) is 1.58. The Balaban J connectivity index is 2.82. The fraction of sp³-hybridized carbons (Fsp3) is 0.429. The summed E-state index contributed by atoms with van der Waals surface area (Å²) in [7, 11) is 0. The minimum absolute atomic E-state index is 0.270. The summed E-state index contributed by atoms with van der Waals surface area (Å²) in [5, 5.41) is 4.25. The summed E-state index contributed by atoms with van der Waals surface area (Å²) in [4.78, 5) is 0. The molecule has 0 aliphatic heterocycles. The Morgan fingerprint density at radius 1 is 1.60 bits per heavy atom. The predicted molar refractivity (Wildman–Crippen MR) is 44.8 cm³/mol. The van der Waals surface area contributed by atoms with Crippen molar-refractivity contribution >= 4 is 11.3 Å². The molecule has 1 atom stereocenters. The molecule has 0 saturated heterocycles. The van der Waals surface area contributed by atoms with Crippen LogP contribution in [-0.4, -0.2) is 0 Å². The van der Waals surface area contributed by atoms with E-state index in [0.29, 0.717) is 0 Å². The van der Waals surface area contributed by atoms with Crippen molar-refractivity contribution in [2.75, 3.05) is 0 Å². The van der Waals surface area contributed by atoms with Crippen molar-refractivity contribution in [3.8, 4) is 0 Å². The molecule has 0 fully saturated rings. The van der Waals surface area contributed by atoms with Gasteiger partial charge in [-0.3, -0.25) is 11.3 Å². The van der Waals surface area contributed by atoms with E-state index in [2.05, 4.69) is 30.0 Å². The summed E-state index contributed by atoms with van der Waals surface area (Å²) >= 11 is 1.71. The molecule has 0 radical (unpaired) electrons. The Bertz CT molecular complexity index is 207. The largest absolute Gasteiger partial charge is 0.271 e. The summed E-state index contributed by atoms with van der Waals surface area (Å²) in [6, 6.07) is 0.270. The molecule has 0 aliphatic carbocycles. The summed E-state index contributed by atoms with van der Waals surface area (Å²) in [5.41, 5.74) is 5.33. The zero-order chi connectivity index (χ0) is 7.56. The Labute approximate surface area is 65.0 Å². The van der Waals surface area contributed by atoms with Crippen molar-refractivity contribution in [3.63, 3.8) is 0 Å². The third-order valence-electron chi connectivity index (χ3n) is 1.61. The molecule has 1 unspecified atom stereocenters. The average molecular weight is 156 g/mol. The van der Waals surface area contributed by atoms with E-state index < -0.39 is 0 Å². The van der Waals surface area contributed by atoms with Gasteiger partial charge in [0, 0.05) is 6.04 Å². The van der Waals surface area contributed by atoms with Crippen LogP contribution in [0.5, 0.6) is 0 Å². The fourth-order valence-electron chi connectivity index (χ4n) is 0.904. The van der Waals surface area contributed by atoms with Gasteiger partial charge in [-0.05, 0) is 35.7 Å². The van der Waals surface area contributed by atoms with Crippen molar-refractivity contribution in [3.05, 3.63) is 21.9 Å². The first kappa shape index (κ1) is 7.72. The number of aryl methyl sites for hydroxylation is 1. The van der Waals surface area contributed by atoms with E-state index in [1.807, 2.05) is 0 Å². The number of hydrazine groups is 1. The van der Waals surface area contributed by atoms with Gasteiger partial charge < -0.3 is 0 Å². The monoisotopic (exact) mass is 156 g/mol. The van der Waals surface area contributed by atoms with E-state index in [1.165, 1.54) is 11.1 Å². The van der Waals surface area contributed by atoms with Crippen molar-refractivity contribution in [1.82, 2.24) is 5.43 Å². The molecule has 0 amide bonds. The average Bonchev–Trinajstić information content (AvgIpc) is 2.34. The van der Waals surface area contributed by atoms with E-state index in [4.69, 9.17) is 5.84 Å². The highest BCUT2D eigenvalue weighted by molar-refractivity contribution is 7.08. The van der Waals surface area contributed by atoms with Crippen LogP contribution >= 0.6 is 11.3 Å². The Kier molecular flexibility index (Phi) is 2.43. The highest BCUT2D eigenvalue weighted by Crippen LogP contribution is 2.20. The lowest BCUT2D eigenvalue weighted by Gasteiger charge is -2.08. The molecule has 56 valence electrons. The van der Waals surface area contributed by atoms with Crippen molar-refractivity contribution in [1.29, 1.82) is 0 Å². The van der Waals surface area contributed by atoms with E-state index in [9.17, 15) is 0 Å². The summed E-state index contributed by atoms with van der Waals surface area (Å²) < 4.78 is 0. The van der Waals surface area contributed by atoms with Gasteiger partial charge in [-0.15, -0.1) is 0 Å². The Hall–Kier alpha value is -0.380. The highest BCUT2D eigenvalue weighted by Gasteiger charge is 2.05. The molecule has 3 N–H and O–H groups in total. The SMILES string of the molecule is Cc1cscc1C(C)NN. The van der Waals surface area contributed by atoms with Gasteiger partial charge in [0.25, 0.3) is 0 Å². The van der Waals surface area contributed by atoms with Gasteiger partial charge in [-0.25, -0.2) is 0 Å². The second-order valence-electron chi connectivity index (χ2n) is 2.40. The topological polar surface area (TPSA) is 38.0 Å². The Morgan fingerprint density at radius 3 is 2.70 bits per heavy atom. The molecule has 1 aromatic heterocycles. The second kappa shape index (κ2) is 3.14. The standard InChI is InChI=1S/C7H12N2S/c1-5-3-10-4-7(5)6(2)9-8/h3-4,6,9H,8H2,1-2H3. The van der Waals surface area contributed by atoms with Gasteiger partial charge >= 0.3 is 0 Å². The van der Waals surface area contributed by atoms with Gasteiger partial charge in [0.05, 0.1) is 0 Å². The van der Waals surface area contributed by atoms with Crippen LogP contribution in [-0.2, 0) is 0 Å². The first-order chi connectivity index (χ1) is 4.75. The molecule has 0 aliphatic rings. The van der Waals surface area contributed by atoms with Gasteiger partial charge in [0.1, 0.15) is 0 Å². The van der Waals surface area contributed by atoms with E-state index >= 15 is 0 Å². The fourth-order valence-corrected chi connectivity index (χ4v) is 1.85. The third-order valence-corrected chi connectivity index (χ3v) is 2.49. The maximum Gasteiger partial charge on any atom is 0.0442 e. The number of rotatable bonds is 2. The number of hydrogen-bond donors (Lipinski definition) is 2. The molecule has 2 nitrogen and oxygen atoms in total. The summed E-state index contributed by atoms with van der Waals surface area (Å²) in [6.07, 6.45) is 0. The third kappa shape index (κ3) is 1.37. The molecule has 10 heavy (non-hydrogen) atoms. The zero-order valence-electron chi connectivity index (χ0n) is 6.22. The first-order valence-corrected chi connectivity index (χ1v) is 4.18. The normalized spacial score (nSPS) is 13.5. The van der Waals surface area contributed by atoms with Crippen LogP contribution in [0.1, 0.15) is 24.1 Å². The van der Waals surface area contributed by atoms with Crippen LogP contribution in [0.4, 0.5) is 0 Å². The van der Waals surface area contributed by atoms with Gasteiger partial charge in [-0.2, -0.15) is 11.3 Å². The molecular weight excluding hydrogens is 144 g/mol. The van der Waals surface area contributed by atoms with Crippen LogP contribution in [0.15, 0.2) is 10.8 Å². The molecule has 0 saturated carbocycles. The maximum atomic E-state index is 5.29. The lowest BCUT2D eigenvalue weighted by molar-refractivity contribution is 0.601. The number of hydrogen-bond acceptors (Lipinski definition) is 3. The van der Waals surface area contributed by atoms with E-state index in [-0.39, 0.29) is 6.04 Å². The van der Waals surface area contributed by atoms with Crippen LogP contribution < -0.4 is 11.3 Å². The quantitative estimate of drug-likeness (QED) is 0.504. The summed E-state index contributed by atoms with van der Waals surface area (Å²) in [6.45, 7) is 4.15. The number of nitrogens with two attached hydrogens (primary N) is 1. The minimum atomic E-state index is 0.270. The molecule has 1 rings (SSSR count). The molecule has 0 aromatic carbocycles. The van der Waals surface area contributed by atoms with Crippen molar-refractivity contribution in [2.24, 2.45) is 5.84 Å². The van der Waals surface area contributed by atoms with Crippen molar-refractivity contribution in [2.45, 2.75) is 19.9 Å². The molecule has 1 heterocycles. The second-order valence-corrected chi connectivity index (χ2v) is 3.14. The van der Waals surface area contributed by atoms with E-state index in [0.717, 1.165) is 0 Å². The molecule has 3 heteroatoms. The number of thiophene rings is 1. The zero-order valence-corrected chi connectivity index (χ0v) is 7.03. The van der Waals surface area contributed by atoms with Gasteiger partial charge in [0.2, 0.25) is 0 Å². The van der Waals surface area contributed by atoms with Gasteiger partial charge in [0.15, 0.2) is 0 Å². The van der Waals surface area contributed by atoms with Crippen LogP contribution in [0.2, 0.25) is 0 Å². The van der Waals surface area contributed by atoms with Gasteiger partial charge in [-0.1, -0.05) is 0 Å². The molecule has 0 spiro atoms. The lowest BCUT2D eigenvalue weighted by Crippen LogP contribution is -2.25. The summed E-state index contributed by atoms with van der Waals surface area (Å²) in [5.74, 6) is 5.29. The van der Waals surface area contributed by atoms with Crippen molar-refractivity contribution < 1.29 is 0 Å². The minimum Gasteiger partial charge on any atom is -0.271 e. The number of nitrogens with one attached hydrogen (secondary N) is 1. The maximum absolute atomic E-state index is 5.29. The van der Waals surface area contributed by atoms with Crippen LogP contribution in [0, 0.1) is 6.92 Å². The van der Waals surface area contributed by atoms with E-state index in [1.54, 1.807) is 11.3 Å².